The number of nitrogens with zero attached hydrogens (tertiary/aromatic N) is 7. The second kappa shape index (κ2) is 10.9. The lowest BCUT2D eigenvalue weighted by Crippen LogP contribution is -2.37. The van der Waals surface area contributed by atoms with Gasteiger partial charge in [0.15, 0.2) is 23.6 Å². The molecule has 0 spiro atoms. The highest BCUT2D eigenvalue weighted by Crippen LogP contribution is 2.50. The number of halogens is 7. The molecule has 1 aliphatic rings. The summed E-state index contributed by atoms with van der Waals surface area (Å²) in [6.07, 6.45) is -10.2. The first kappa shape index (κ1) is 29.2. The van der Waals surface area contributed by atoms with Gasteiger partial charge in [0.25, 0.3) is 0 Å². The van der Waals surface area contributed by atoms with Crippen LogP contribution in [0, 0.1) is 11.8 Å². The maximum atomic E-state index is 13.1. The van der Waals surface area contributed by atoms with Crippen LogP contribution >= 0.6 is 11.6 Å². The molecule has 0 bridgehead atoms. The fourth-order valence-electron chi connectivity index (χ4n) is 4.15. The van der Waals surface area contributed by atoms with Crippen molar-refractivity contribution in [1.29, 1.82) is 0 Å². The number of carbonyl (C=O) groups excluding carboxylic acids is 1. The monoisotopic (exact) mass is 616 g/mol. The fraction of sp³-hybridized carbons (Fsp3) is 0.333. The van der Waals surface area contributed by atoms with E-state index in [1.807, 2.05) is 0 Å². The highest BCUT2D eigenvalue weighted by Gasteiger charge is 2.59. The summed E-state index contributed by atoms with van der Waals surface area (Å²) < 4.78 is 80.5. The van der Waals surface area contributed by atoms with Crippen molar-refractivity contribution in [3.63, 3.8) is 0 Å². The molecule has 1 unspecified atom stereocenters. The molecule has 1 saturated carbocycles. The van der Waals surface area contributed by atoms with Crippen LogP contribution < -0.4 is 11.0 Å². The molecule has 42 heavy (non-hydrogen) atoms. The molecule has 2 N–H and O–H groups in total. The van der Waals surface area contributed by atoms with Crippen molar-refractivity contribution in [2.75, 3.05) is 5.32 Å². The number of anilines is 1. The molecule has 18 heteroatoms. The Balaban J connectivity index is 1.40. The number of aliphatic hydroxyl groups excluding tert-OH is 1. The number of alkyl halides is 6. The Hall–Kier alpha value is -4.25. The van der Waals surface area contributed by atoms with Crippen LogP contribution in [0.2, 0.25) is 5.02 Å². The average Bonchev–Trinajstić information content (AvgIpc) is 3.54. The molecule has 1 amide bonds. The number of aromatic nitrogens is 7. The number of pyridine rings is 1. The summed E-state index contributed by atoms with van der Waals surface area (Å²) in [5.41, 5.74) is -0.582. The Morgan fingerprint density at radius 2 is 1.81 bits per heavy atom. The van der Waals surface area contributed by atoms with Gasteiger partial charge in [-0.25, -0.2) is 24.1 Å². The molecule has 3 heterocycles. The first-order valence-corrected chi connectivity index (χ1v) is 12.5. The zero-order valence-electron chi connectivity index (χ0n) is 21.0. The van der Waals surface area contributed by atoms with Gasteiger partial charge in [0.05, 0.1) is 18.4 Å². The number of carbonyl (C=O) groups is 1. The van der Waals surface area contributed by atoms with E-state index in [1.165, 1.54) is 48.9 Å². The van der Waals surface area contributed by atoms with E-state index in [2.05, 4.69) is 25.5 Å². The Morgan fingerprint density at radius 1 is 1.10 bits per heavy atom. The largest absolute Gasteiger partial charge is 0.416 e. The third-order valence-corrected chi connectivity index (χ3v) is 6.66. The van der Waals surface area contributed by atoms with Gasteiger partial charge in [-0.2, -0.15) is 26.3 Å². The molecule has 0 saturated heterocycles. The number of hydrogen-bond acceptors (Lipinski definition) is 7. The highest BCUT2D eigenvalue weighted by atomic mass is 35.5. The lowest BCUT2D eigenvalue weighted by Gasteiger charge is -2.15. The van der Waals surface area contributed by atoms with Gasteiger partial charge < -0.3 is 10.4 Å². The number of amides is 1. The summed E-state index contributed by atoms with van der Waals surface area (Å²) in [6.45, 7) is -1.53. The SMILES string of the molecule is O=C(Nc1ncccc1-n1cnc(Cn2nc(-c3ccc(Cl)cc3)n(C[C@H](O)C(F)(F)F)c2=O)n1)[C@H]1CC1C(F)(F)F. The van der Waals surface area contributed by atoms with Crippen molar-refractivity contribution in [3.8, 4) is 17.1 Å². The van der Waals surface area contributed by atoms with E-state index in [-0.39, 0.29) is 35.1 Å². The third-order valence-electron chi connectivity index (χ3n) is 6.41. The van der Waals surface area contributed by atoms with E-state index < -0.39 is 55.0 Å². The van der Waals surface area contributed by atoms with E-state index in [0.29, 0.717) is 9.59 Å². The van der Waals surface area contributed by atoms with Gasteiger partial charge in [-0.05, 0) is 42.8 Å². The van der Waals surface area contributed by atoms with Crippen molar-refractivity contribution in [3.05, 3.63) is 70.3 Å². The third kappa shape index (κ3) is 6.15. The number of nitrogens with one attached hydrogen (secondary N) is 1. The predicted molar refractivity (Wildman–Crippen MR) is 134 cm³/mol. The van der Waals surface area contributed by atoms with Crippen LogP contribution in [0.1, 0.15) is 12.2 Å². The van der Waals surface area contributed by atoms with Crippen molar-refractivity contribution in [2.45, 2.75) is 38.0 Å². The first-order chi connectivity index (χ1) is 19.7. The molecule has 5 rings (SSSR count). The Labute approximate surface area is 236 Å². The van der Waals surface area contributed by atoms with Crippen LogP contribution in [0.5, 0.6) is 0 Å². The smallest absolute Gasteiger partial charge is 0.382 e. The van der Waals surface area contributed by atoms with Crippen molar-refractivity contribution < 1.29 is 36.2 Å². The molecule has 11 nitrogen and oxygen atoms in total. The highest BCUT2D eigenvalue weighted by molar-refractivity contribution is 6.30. The molecule has 1 aliphatic carbocycles. The first-order valence-electron chi connectivity index (χ1n) is 12.1. The van der Waals surface area contributed by atoms with Crippen LogP contribution in [0.25, 0.3) is 17.1 Å². The van der Waals surface area contributed by atoms with Crippen LogP contribution in [0.15, 0.2) is 53.7 Å². The minimum absolute atomic E-state index is 0.0266. The lowest BCUT2D eigenvalue weighted by molar-refractivity contribution is -0.207. The summed E-state index contributed by atoms with van der Waals surface area (Å²) in [4.78, 5) is 33.5. The standard InChI is InChI=1S/C24H19ClF6N8O3/c25-13-5-3-12(4-6-13)20-36-38(22(42)37(20)9-17(40)24(29,30)31)10-18-33-11-39(35-18)16-2-1-7-32-19(16)34-21(41)14-8-15(14)23(26,27)28/h1-7,11,14-15,17,40H,8-10H2,(H,32,34,41)/t14-,15?,17-/m0/s1. The lowest BCUT2D eigenvalue weighted by atomic mass is 10.2. The topological polar surface area (TPSA) is 133 Å². The normalized spacial score (nSPS) is 17.7. The van der Waals surface area contributed by atoms with Crippen molar-refractivity contribution in [1.82, 2.24) is 34.1 Å². The number of rotatable bonds is 8. The van der Waals surface area contributed by atoms with E-state index in [1.54, 1.807) is 0 Å². The Morgan fingerprint density at radius 3 is 2.45 bits per heavy atom. The number of benzene rings is 1. The van der Waals surface area contributed by atoms with Crippen LogP contribution in [-0.4, -0.2) is 63.6 Å². The summed E-state index contributed by atoms with van der Waals surface area (Å²) in [7, 11) is 0. The molecule has 222 valence electrons. The van der Waals surface area contributed by atoms with E-state index in [0.717, 1.165) is 9.36 Å². The summed E-state index contributed by atoms with van der Waals surface area (Å²) in [5.74, 6) is -4.10. The molecule has 0 radical (unpaired) electrons. The van der Waals surface area contributed by atoms with Gasteiger partial charge in [-0.1, -0.05) is 11.6 Å². The molecular formula is C24H19ClF6N8O3. The van der Waals surface area contributed by atoms with E-state index in [4.69, 9.17) is 11.6 Å². The number of hydrogen-bond donors (Lipinski definition) is 2. The average molecular weight is 617 g/mol. The minimum atomic E-state index is -5.00. The van der Waals surface area contributed by atoms with E-state index in [9.17, 15) is 41.0 Å². The van der Waals surface area contributed by atoms with Gasteiger partial charge in [0.2, 0.25) is 5.91 Å². The second-order valence-corrected chi connectivity index (χ2v) is 9.83. The van der Waals surface area contributed by atoms with E-state index >= 15 is 0 Å². The molecule has 3 atom stereocenters. The van der Waals surface area contributed by atoms with Gasteiger partial charge in [0, 0.05) is 16.8 Å². The zero-order valence-corrected chi connectivity index (χ0v) is 21.8. The Bertz CT molecular complexity index is 1660. The molecule has 3 aromatic heterocycles. The van der Waals surface area contributed by atoms with Crippen molar-refractivity contribution >= 4 is 23.3 Å². The zero-order chi connectivity index (χ0) is 30.4. The van der Waals surface area contributed by atoms with Gasteiger partial charge in [-0.3, -0.25) is 9.36 Å². The Kier molecular flexibility index (Phi) is 7.57. The predicted octanol–water partition coefficient (Wildman–Crippen LogP) is 3.45. The van der Waals surface area contributed by atoms with Crippen LogP contribution in [0.3, 0.4) is 0 Å². The molecule has 0 aliphatic heterocycles. The number of aliphatic hydroxyl groups is 1. The molecule has 1 fully saturated rings. The molecular weight excluding hydrogens is 598 g/mol. The van der Waals surface area contributed by atoms with Gasteiger partial charge in [0.1, 0.15) is 18.6 Å². The van der Waals surface area contributed by atoms with Crippen molar-refractivity contribution in [2.24, 2.45) is 11.8 Å². The fourth-order valence-corrected chi connectivity index (χ4v) is 4.28. The second-order valence-electron chi connectivity index (χ2n) is 9.39. The van der Waals surface area contributed by atoms with Gasteiger partial charge in [-0.15, -0.1) is 10.2 Å². The maximum Gasteiger partial charge on any atom is 0.416 e. The summed E-state index contributed by atoms with van der Waals surface area (Å²) >= 11 is 5.89. The summed E-state index contributed by atoms with van der Waals surface area (Å²) in [6, 6.07) is 8.73. The van der Waals surface area contributed by atoms with Gasteiger partial charge >= 0.3 is 18.0 Å². The quantitative estimate of drug-likeness (QED) is 0.290. The minimum Gasteiger partial charge on any atom is -0.382 e. The maximum absolute atomic E-state index is 13.1. The van der Waals surface area contributed by atoms with Crippen LogP contribution in [-0.2, 0) is 17.9 Å². The molecule has 4 aromatic rings. The summed E-state index contributed by atoms with van der Waals surface area (Å²) in [5, 5.41) is 20.7. The van der Waals surface area contributed by atoms with Crippen LogP contribution in [0.4, 0.5) is 32.2 Å². The molecule has 1 aromatic carbocycles.